The standard InChI is InChI=1S/C68H128O6/c1-4-7-10-13-15-17-19-21-23-25-26-27-28-29-30-31-32-33-34-35-36-37-38-39-40-41-42-43-45-46-48-50-52-55-58-61-67(70)73-64-65(63-72-66(69)60-57-54-12-9-6-3)74-68(71)62-59-56-53-51-49-47-44-24-22-20-18-16-14-11-8-5-2/h24-26,44,65H,4-23,27-43,45-64H2,1-3H3/b26-25-,44-24-. The fourth-order valence-corrected chi connectivity index (χ4v) is 10.1. The van der Waals surface area contributed by atoms with Gasteiger partial charge < -0.3 is 14.2 Å². The smallest absolute Gasteiger partial charge is 0.306 e. The van der Waals surface area contributed by atoms with E-state index < -0.39 is 6.10 Å². The average molecular weight is 1040 g/mol. The van der Waals surface area contributed by atoms with Gasteiger partial charge >= 0.3 is 17.9 Å². The lowest BCUT2D eigenvalue weighted by Gasteiger charge is -2.18. The van der Waals surface area contributed by atoms with Crippen LogP contribution in [0.5, 0.6) is 0 Å². The maximum Gasteiger partial charge on any atom is 0.306 e. The van der Waals surface area contributed by atoms with Gasteiger partial charge in [0.15, 0.2) is 6.10 Å². The third-order valence-electron chi connectivity index (χ3n) is 15.2. The molecule has 0 aliphatic rings. The Balaban J connectivity index is 3.84. The third kappa shape index (κ3) is 60.8. The number of carbonyl (C=O) groups excluding carboxylic acids is 3. The van der Waals surface area contributed by atoms with Gasteiger partial charge in [-0.2, -0.15) is 0 Å². The van der Waals surface area contributed by atoms with E-state index in [0.29, 0.717) is 19.3 Å². The lowest BCUT2D eigenvalue weighted by atomic mass is 10.0. The van der Waals surface area contributed by atoms with Crippen molar-refractivity contribution >= 4 is 17.9 Å². The van der Waals surface area contributed by atoms with Crippen LogP contribution in [0, 0.1) is 0 Å². The van der Waals surface area contributed by atoms with Crippen LogP contribution in [0.4, 0.5) is 0 Å². The monoisotopic (exact) mass is 1040 g/mol. The summed E-state index contributed by atoms with van der Waals surface area (Å²) < 4.78 is 16.8. The van der Waals surface area contributed by atoms with Crippen LogP contribution in [0.2, 0.25) is 0 Å². The number of esters is 3. The molecule has 436 valence electrons. The molecule has 1 atom stereocenters. The molecule has 0 fully saturated rings. The number of rotatable bonds is 62. The molecular weight excluding hydrogens is 913 g/mol. The normalized spacial score (nSPS) is 12.1. The number of hydrogen-bond acceptors (Lipinski definition) is 6. The fraction of sp³-hybridized carbons (Fsp3) is 0.897. The molecule has 0 saturated carbocycles. The van der Waals surface area contributed by atoms with Crippen LogP contribution >= 0.6 is 0 Å². The van der Waals surface area contributed by atoms with E-state index in [1.165, 1.54) is 263 Å². The summed E-state index contributed by atoms with van der Waals surface area (Å²) in [7, 11) is 0. The first-order chi connectivity index (χ1) is 36.5. The van der Waals surface area contributed by atoms with Crippen molar-refractivity contribution < 1.29 is 28.6 Å². The van der Waals surface area contributed by atoms with Gasteiger partial charge in [-0.05, 0) is 70.6 Å². The van der Waals surface area contributed by atoms with E-state index in [1.807, 2.05) is 0 Å². The van der Waals surface area contributed by atoms with Crippen molar-refractivity contribution in [2.45, 2.75) is 380 Å². The summed E-state index contributed by atoms with van der Waals surface area (Å²) in [5.74, 6) is -0.872. The van der Waals surface area contributed by atoms with Gasteiger partial charge in [0.2, 0.25) is 0 Å². The highest BCUT2D eigenvalue weighted by Crippen LogP contribution is 2.18. The van der Waals surface area contributed by atoms with Gasteiger partial charge in [-0.15, -0.1) is 0 Å². The molecule has 0 amide bonds. The zero-order valence-electron chi connectivity index (χ0n) is 50.1. The van der Waals surface area contributed by atoms with E-state index in [4.69, 9.17) is 14.2 Å². The summed E-state index contributed by atoms with van der Waals surface area (Å²) in [6.45, 7) is 6.60. The van der Waals surface area contributed by atoms with Crippen molar-refractivity contribution in [3.63, 3.8) is 0 Å². The molecule has 0 saturated heterocycles. The highest BCUT2D eigenvalue weighted by Gasteiger charge is 2.19. The third-order valence-corrected chi connectivity index (χ3v) is 15.2. The van der Waals surface area contributed by atoms with Gasteiger partial charge in [0.25, 0.3) is 0 Å². The van der Waals surface area contributed by atoms with E-state index in [2.05, 4.69) is 45.1 Å². The second kappa shape index (κ2) is 63.4. The van der Waals surface area contributed by atoms with Crippen LogP contribution in [-0.2, 0) is 28.6 Å². The largest absolute Gasteiger partial charge is 0.462 e. The molecule has 0 aliphatic carbocycles. The van der Waals surface area contributed by atoms with Crippen molar-refractivity contribution in [3.8, 4) is 0 Å². The molecule has 1 unspecified atom stereocenters. The number of allylic oxidation sites excluding steroid dienone is 4. The molecule has 0 heterocycles. The quantitative estimate of drug-likeness (QED) is 0.0261. The van der Waals surface area contributed by atoms with Crippen LogP contribution in [0.15, 0.2) is 24.3 Å². The number of hydrogen-bond donors (Lipinski definition) is 0. The summed E-state index contributed by atoms with van der Waals surface area (Å²) in [6.07, 6.45) is 77.0. The van der Waals surface area contributed by atoms with E-state index >= 15 is 0 Å². The van der Waals surface area contributed by atoms with Crippen LogP contribution in [0.25, 0.3) is 0 Å². The Hall–Kier alpha value is -2.11. The zero-order chi connectivity index (χ0) is 53.6. The Morgan fingerprint density at radius 3 is 0.676 bits per heavy atom. The molecule has 0 aromatic rings. The highest BCUT2D eigenvalue weighted by atomic mass is 16.6. The summed E-state index contributed by atoms with van der Waals surface area (Å²) in [5, 5.41) is 0. The molecule has 74 heavy (non-hydrogen) atoms. The minimum atomic E-state index is -0.768. The van der Waals surface area contributed by atoms with Gasteiger partial charge in [0.1, 0.15) is 13.2 Å². The second-order valence-corrected chi connectivity index (χ2v) is 22.7. The van der Waals surface area contributed by atoms with E-state index in [1.54, 1.807) is 0 Å². The van der Waals surface area contributed by atoms with Crippen LogP contribution in [0.1, 0.15) is 374 Å². The topological polar surface area (TPSA) is 78.9 Å². The number of carbonyl (C=O) groups is 3. The Bertz CT molecular complexity index is 1190. The summed E-state index contributed by atoms with van der Waals surface area (Å²) >= 11 is 0. The molecular formula is C68H128O6. The molecule has 0 spiro atoms. The summed E-state index contributed by atoms with van der Waals surface area (Å²) in [6, 6.07) is 0. The molecule has 0 bridgehead atoms. The van der Waals surface area contributed by atoms with Gasteiger partial charge in [-0.25, -0.2) is 0 Å². The first-order valence-electron chi connectivity index (χ1n) is 33.3. The van der Waals surface area contributed by atoms with E-state index in [0.717, 1.165) is 70.6 Å². The lowest BCUT2D eigenvalue weighted by Crippen LogP contribution is -2.30. The number of ether oxygens (including phenoxy) is 3. The minimum absolute atomic E-state index is 0.0701. The molecule has 6 heteroatoms. The van der Waals surface area contributed by atoms with Crippen molar-refractivity contribution in [2.75, 3.05) is 13.2 Å². The summed E-state index contributed by atoms with van der Waals surface area (Å²) in [4.78, 5) is 37.8. The zero-order valence-corrected chi connectivity index (χ0v) is 50.1. The maximum absolute atomic E-state index is 12.8. The van der Waals surface area contributed by atoms with Crippen LogP contribution in [0.3, 0.4) is 0 Å². The van der Waals surface area contributed by atoms with E-state index in [-0.39, 0.29) is 31.1 Å². The van der Waals surface area contributed by atoms with Gasteiger partial charge in [0, 0.05) is 19.3 Å². The first kappa shape index (κ1) is 71.9. The van der Waals surface area contributed by atoms with Crippen molar-refractivity contribution in [2.24, 2.45) is 0 Å². The van der Waals surface area contributed by atoms with Crippen molar-refractivity contribution in [3.05, 3.63) is 24.3 Å². The van der Waals surface area contributed by atoms with Crippen molar-refractivity contribution in [1.29, 1.82) is 0 Å². The molecule has 6 nitrogen and oxygen atoms in total. The minimum Gasteiger partial charge on any atom is -0.462 e. The molecule has 0 N–H and O–H groups in total. The fourth-order valence-electron chi connectivity index (χ4n) is 10.1. The predicted octanol–water partition coefficient (Wildman–Crippen LogP) is 22.6. The Morgan fingerprint density at radius 1 is 0.257 bits per heavy atom. The average Bonchev–Trinajstić information content (AvgIpc) is 3.40. The Kier molecular flexibility index (Phi) is 61.6. The second-order valence-electron chi connectivity index (χ2n) is 22.7. The van der Waals surface area contributed by atoms with Gasteiger partial charge in [-0.1, -0.05) is 308 Å². The molecule has 0 aromatic heterocycles. The van der Waals surface area contributed by atoms with Gasteiger partial charge in [0.05, 0.1) is 0 Å². The maximum atomic E-state index is 12.8. The molecule has 0 radical (unpaired) electrons. The molecule has 0 aliphatic heterocycles. The van der Waals surface area contributed by atoms with Crippen LogP contribution in [-0.4, -0.2) is 37.2 Å². The lowest BCUT2D eigenvalue weighted by molar-refractivity contribution is -0.167. The molecule has 0 rings (SSSR count). The number of unbranched alkanes of at least 4 members (excludes halogenated alkanes) is 47. The predicted molar refractivity (Wildman–Crippen MR) is 321 cm³/mol. The Morgan fingerprint density at radius 2 is 0.446 bits per heavy atom. The first-order valence-corrected chi connectivity index (χ1v) is 33.3. The van der Waals surface area contributed by atoms with Gasteiger partial charge in [-0.3, -0.25) is 14.4 Å². The Labute approximate surface area is 462 Å². The highest BCUT2D eigenvalue weighted by molar-refractivity contribution is 5.71. The SMILES string of the molecule is CCCCCCCCC/C=C\CCCCCCCC(=O)OC(COC(=O)CCCCCCC)COC(=O)CCCCCCCCCCCCCCCCCCCCCCCCC/C=C\CCCCCCCCCC. The van der Waals surface area contributed by atoms with Crippen molar-refractivity contribution in [1.82, 2.24) is 0 Å². The van der Waals surface area contributed by atoms with E-state index in [9.17, 15) is 14.4 Å². The molecule has 0 aromatic carbocycles. The van der Waals surface area contributed by atoms with Crippen LogP contribution < -0.4 is 0 Å². The summed E-state index contributed by atoms with van der Waals surface area (Å²) in [5.41, 5.74) is 0.